The van der Waals surface area contributed by atoms with E-state index < -0.39 is 0 Å². The number of likely N-dealkylation sites (N-methyl/N-ethyl adjacent to an activating group) is 1. The zero-order chi connectivity index (χ0) is 12.0. The van der Waals surface area contributed by atoms with E-state index in [9.17, 15) is 5.11 Å². The van der Waals surface area contributed by atoms with Crippen molar-refractivity contribution in [1.82, 2.24) is 10.2 Å². The number of hydrogen-bond donors (Lipinski definition) is 2. The Kier molecular flexibility index (Phi) is 6.32. The largest absolute Gasteiger partial charge is 0.395 e. The van der Waals surface area contributed by atoms with Gasteiger partial charge in [0.05, 0.1) is 6.61 Å². The van der Waals surface area contributed by atoms with Gasteiger partial charge in [0.25, 0.3) is 0 Å². The first kappa shape index (κ1) is 13.9. The molecule has 2 N–H and O–H groups in total. The maximum atomic E-state index is 9.43. The summed E-state index contributed by atoms with van der Waals surface area (Å²) in [4.78, 5) is 2.17. The number of hydrogen-bond acceptors (Lipinski definition) is 3. The summed E-state index contributed by atoms with van der Waals surface area (Å²) in [5, 5.41) is 12.9. The highest BCUT2D eigenvalue weighted by Gasteiger charge is 2.24. The Morgan fingerprint density at radius 3 is 2.38 bits per heavy atom. The van der Waals surface area contributed by atoms with E-state index in [0.717, 1.165) is 19.0 Å². The quantitative estimate of drug-likeness (QED) is 0.720. The maximum Gasteiger partial charge on any atom is 0.0587 e. The van der Waals surface area contributed by atoms with Gasteiger partial charge in [-0.3, -0.25) is 0 Å². The van der Waals surface area contributed by atoms with Crippen molar-refractivity contribution in [3.8, 4) is 0 Å². The van der Waals surface area contributed by atoms with Crippen molar-refractivity contribution >= 4 is 0 Å². The van der Waals surface area contributed by atoms with Crippen LogP contribution in [0.5, 0.6) is 0 Å². The molecular formula is C13H28N2O. The fourth-order valence-electron chi connectivity index (χ4n) is 2.54. The number of nitrogens with one attached hydrogen (secondary N) is 1. The normalized spacial score (nSPS) is 28.3. The summed E-state index contributed by atoms with van der Waals surface area (Å²) < 4.78 is 0. The maximum absolute atomic E-state index is 9.43. The highest BCUT2D eigenvalue weighted by molar-refractivity contribution is 4.80. The third kappa shape index (κ3) is 4.81. The monoisotopic (exact) mass is 228 g/mol. The Balaban J connectivity index is 2.24. The molecule has 1 aliphatic rings. The molecule has 0 aromatic carbocycles. The Hall–Kier alpha value is -0.120. The molecule has 16 heavy (non-hydrogen) atoms. The minimum atomic E-state index is 0.284. The van der Waals surface area contributed by atoms with Gasteiger partial charge < -0.3 is 15.3 Å². The van der Waals surface area contributed by atoms with Gasteiger partial charge in [-0.2, -0.15) is 0 Å². The molecule has 0 bridgehead atoms. The first-order valence-corrected chi connectivity index (χ1v) is 6.62. The van der Waals surface area contributed by atoms with E-state index in [4.69, 9.17) is 0 Å². The Bertz CT molecular complexity index is 177. The van der Waals surface area contributed by atoms with Gasteiger partial charge in [0.15, 0.2) is 0 Å². The van der Waals surface area contributed by atoms with Crippen LogP contribution in [0.15, 0.2) is 0 Å². The molecule has 0 spiro atoms. The lowest BCUT2D eigenvalue weighted by Gasteiger charge is -2.32. The molecule has 1 saturated carbocycles. The van der Waals surface area contributed by atoms with Gasteiger partial charge in [0, 0.05) is 19.1 Å². The summed E-state index contributed by atoms with van der Waals surface area (Å²) in [6.07, 6.45) is 5.22. The van der Waals surface area contributed by atoms with Crippen LogP contribution in [-0.4, -0.2) is 49.8 Å². The van der Waals surface area contributed by atoms with E-state index in [0.29, 0.717) is 12.0 Å². The standard InChI is InChI=1S/C13H28N2O/c1-11-4-6-12(7-5-11)13(10-16)14-8-9-15(2)3/h11-14,16H,4-10H2,1-3H3. The number of aliphatic hydroxyl groups is 1. The second-order valence-electron chi connectivity index (χ2n) is 5.57. The van der Waals surface area contributed by atoms with Crippen LogP contribution in [0.2, 0.25) is 0 Å². The number of aliphatic hydroxyl groups excluding tert-OH is 1. The first-order chi connectivity index (χ1) is 7.63. The van der Waals surface area contributed by atoms with Crippen molar-refractivity contribution in [3.05, 3.63) is 0 Å². The van der Waals surface area contributed by atoms with Crippen LogP contribution in [0.4, 0.5) is 0 Å². The molecule has 0 amide bonds. The predicted octanol–water partition coefficient (Wildman–Crippen LogP) is 1.32. The molecule has 0 aliphatic heterocycles. The second-order valence-corrected chi connectivity index (χ2v) is 5.57. The summed E-state index contributed by atoms with van der Waals surface area (Å²) >= 11 is 0. The summed E-state index contributed by atoms with van der Waals surface area (Å²) in [5.41, 5.74) is 0. The fourth-order valence-corrected chi connectivity index (χ4v) is 2.54. The summed E-state index contributed by atoms with van der Waals surface area (Å²) in [7, 11) is 4.16. The van der Waals surface area contributed by atoms with Crippen molar-refractivity contribution in [2.75, 3.05) is 33.8 Å². The minimum absolute atomic E-state index is 0.284. The number of rotatable bonds is 6. The van der Waals surface area contributed by atoms with Crippen LogP contribution < -0.4 is 5.32 Å². The molecule has 96 valence electrons. The molecule has 1 atom stereocenters. The molecule has 1 fully saturated rings. The third-order valence-corrected chi connectivity index (χ3v) is 3.79. The molecule has 0 heterocycles. The lowest BCUT2D eigenvalue weighted by atomic mass is 9.79. The Labute approximate surface area is 100 Å². The minimum Gasteiger partial charge on any atom is -0.395 e. The van der Waals surface area contributed by atoms with E-state index in [1.165, 1.54) is 25.7 Å². The van der Waals surface area contributed by atoms with Crippen LogP contribution in [0.3, 0.4) is 0 Å². The molecule has 3 heteroatoms. The van der Waals surface area contributed by atoms with Gasteiger partial charge in [-0.25, -0.2) is 0 Å². The van der Waals surface area contributed by atoms with Crippen LogP contribution >= 0.6 is 0 Å². The van der Waals surface area contributed by atoms with Gasteiger partial charge >= 0.3 is 0 Å². The van der Waals surface area contributed by atoms with Gasteiger partial charge in [-0.05, 0) is 38.8 Å². The van der Waals surface area contributed by atoms with Crippen molar-refractivity contribution in [1.29, 1.82) is 0 Å². The van der Waals surface area contributed by atoms with E-state index in [-0.39, 0.29) is 6.61 Å². The molecule has 0 aromatic rings. The highest BCUT2D eigenvalue weighted by Crippen LogP contribution is 2.30. The van der Waals surface area contributed by atoms with E-state index in [1.807, 2.05) is 0 Å². The zero-order valence-corrected chi connectivity index (χ0v) is 11.1. The van der Waals surface area contributed by atoms with Crippen molar-refractivity contribution in [3.63, 3.8) is 0 Å². The SMILES string of the molecule is CC1CCC(C(CO)NCCN(C)C)CC1. The Morgan fingerprint density at radius 1 is 1.25 bits per heavy atom. The van der Waals surface area contributed by atoms with Gasteiger partial charge in [-0.15, -0.1) is 0 Å². The van der Waals surface area contributed by atoms with Crippen molar-refractivity contribution in [2.45, 2.75) is 38.6 Å². The van der Waals surface area contributed by atoms with Crippen LogP contribution in [0.1, 0.15) is 32.6 Å². The predicted molar refractivity (Wildman–Crippen MR) is 68.6 cm³/mol. The van der Waals surface area contributed by atoms with Crippen molar-refractivity contribution < 1.29 is 5.11 Å². The average molecular weight is 228 g/mol. The topological polar surface area (TPSA) is 35.5 Å². The molecule has 1 aliphatic carbocycles. The van der Waals surface area contributed by atoms with E-state index in [2.05, 4.69) is 31.2 Å². The van der Waals surface area contributed by atoms with Gasteiger partial charge in [-0.1, -0.05) is 19.8 Å². The Morgan fingerprint density at radius 2 is 1.88 bits per heavy atom. The average Bonchev–Trinajstić information content (AvgIpc) is 2.26. The smallest absolute Gasteiger partial charge is 0.0587 e. The lowest BCUT2D eigenvalue weighted by Crippen LogP contribution is -2.43. The van der Waals surface area contributed by atoms with E-state index in [1.54, 1.807) is 0 Å². The highest BCUT2D eigenvalue weighted by atomic mass is 16.3. The number of nitrogens with zero attached hydrogens (tertiary/aromatic N) is 1. The van der Waals surface area contributed by atoms with Gasteiger partial charge in [0.2, 0.25) is 0 Å². The first-order valence-electron chi connectivity index (χ1n) is 6.62. The molecule has 1 unspecified atom stereocenters. The van der Waals surface area contributed by atoms with Gasteiger partial charge in [0.1, 0.15) is 0 Å². The molecule has 0 saturated heterocycles. The fraction of sp³-hybridized carbons (Fsp3) is 1.00. The summed E-state index contributed by atoms with van der Waals surface area (Å²) in [6, 6.07) is 0.312. The van der Waals surface area contributed by atoms with E-state index >= 15 is 0 Å². The van der Waals surface area contributed by atoms with Crippen molar-refractivity contribution in [2.24, 2.45) is 11.8 Å². The third-order valence-electron chi connectivity index (χ3n) is 3.79. The summed E-state index contributed by atoms with van der Waals surface area (Å²) in [5.74, 6) is 1.57. The molecule has 0 radical (unpaired) electrons. The van der Waals surface area contributed by atoms with Crippen LogP contribution in [-0.2, 0) is 0 Å². The van der Waals surface area contributed by atoms with Crippen LogP contribution in [0, 0.1) is 11.8 Å². The molecule has 1 rings (SSSR count). The lowest BCUT2D eigenvalue weighted by molar-refractivity contribution is 0.156. The van der Waals surface area contributed by atoms with Crippen LogP contribution in [0.25, 0.3) is 0 Å². The molecular weight excluding hydrogens is 200 g/mol. The molecule has 0 aromatic heterocycles. The second kappa shape index (κ2) is 7.25. The summed E-state index contributed by atoms with van der Waals surface area (Å²) in [6.45, 7) is 4.64. The zero-order valence-electron chi connectivity index (χ0n) is 11.1. The molecule has 3 nitrogen and oxygen atoms in total.